The number of hydrogen-bond donors (Lipinski definition) is 2. The summed E-state index contributed by atoms with van der Waals surface area (Å²) >= 11 is 0. The Hall–Kier alpha value is -3.42. The molecule has 0 unspecified atom stereocenters. The fourth-order valence-electron chi connectivity index (χ4n) is 2.15. The number of rotatable bonds is 6. The number of anilines is 3. The van der Waals surface area contributed by atoms with E-state index >= 15 is 0 Å². The van der Waals surface area contributed by atoms with Crippen LogP contribution in [0.5, 0.6) is 5.75 Å². The third-order valence-corrected chi connectivity index (χ3v) is 3.25. The Morgan fingerprint density at radius 2 is 1.88 bits per heavy atom. The summed E-state index contributed by atoms with van der Waals surface area (Å²) in [7, 11) is 0. The molecular formula is C18H19N5O3. The van der Waals surface area contributed by atoms with E-state index in [1.165, 1.54) is 12.4 Å². The van der Waals surface area contributed by atoms with Crippen LogP contribution in [0.25, 0.3) is 0 Å². The number of aromatic nitrogens is 3. The number of nitrogens with one attached hydrogen (secondary N) is 2. The van der Waals surface area contributed by atoms with E-state index in [0.29, 0.717) is 23.1 Å². The molecular weight excluding hydrogens is 334 g/mol. The minimum absolute atomic E-state index is 0.0963. The van der Waals surface area contributed by atoms with Crippen molar-refractivity contribution in [1.82, 2.24) is 15.1 Å². The van der Waals surface area contributed by atoms with E-state index < -0.39 is 0 Å². The molecule has 0 atom stereocenters. The second-order valence-corrected chi connectivity index (χ2v) is 5.88. The van der Waals surface area contributed by atoms with E-state index in [9.17, 15) is 4.79 Å². The van der Waals surface area contributed by atoms with E-state index in [0.717, 1.165) is 5.75 Å². The van der Waals surface area contributed by atoms with Crippen LogP contribution in [0.4, 0.5) is 17.3 Å². The van der Waals surface area contributed by atoms with Gasteiger partial charge in [-0.2, -0.15) is 0 Å². The lowest BCUT2D eigenvalue weighted by Gasteiger charge is -2.10. The molecule has 8 heteroatoms. The maximum atomic E-state index is 12.3. The summed E-state index contributed by atoms with van der Waals surface area (Å²) in [6.45, 7) is 5.70. The third kappa shape index (κ3) is 4.56. The molecule has 2 N–H and O–H groups in total. The Morgan fingerprint density at radius 3 is 2.46 bits per heavy atom. The highest BCUT2D eigenvalue weighted by Crippen LogP contribution is 2.18. The minimum atomic E-state index is -0.348. The van der Waals surface area contributed by atoms with Crippen molar-refractivity contribution in [3.05, 3.63) is 54.2 Å². The number of amides is 1. The topological polar surface area (TPSA) is 102 Å². The van der Waals surface area contributed by atoms with Crippen LogP contribution in [0.15, 0.2) is 47.2 Å². The molecule has 0 spiro atoms. The number of aryl methyl sites for hydroxylation is 1. The van der Waals surface area contributed by atoms with Crippen LogP contribution in [0, 0.1) is 6.92 Å². The van der Waals surface area contributed by atoms with E-state index in [4.69, 9.17) is 9.26 Å². The smallest absolute Gasteiger partial charge is 0.275 e. The molecule has 0 saturated heterocycles. The number of hydrogen-bond acceptors (Lipinski definition) is 7. The van der Waals surface area contributed by atoms with Gasteiger partial charge in [-0.25, -0.2) is 9.97 Å². The third-order valence-electron chi connectivity index (χ3n) is 3.25. The van der Waals surface area contributed by atoms with Crippen molar-refractivity contribution < 1.29 is 14.1 Å². The van der Waals surface area contributed by atoms with Gasteiger partial charge < -0.3 is 19.9 Å². The van der Waals surface area contributed by atoms with Gasteiger partial charge in [-0.3, -0.25) is 4.79 Å². The predicted molar refractivity (Wildman–Crippen MR) is 96.7 cm³/mol. The molecule has 26 heavy (non-hydrogen) atoms. The first-order chi connectivity index (χ1) is 12.5. The lowest BCUT2D eigenvalue weighted by molar-refractivity contribution is 0.102. The maximum Gasteiger partial charge on any atom is 0.275 e. The molecule has 0 fully saturated rings. The van der Waals surface area contributed by atoms with Crippen LogP contribution >= 0.6 is 0 Å². The van der Waals surface area contributed by atoms with Gasteiger partial charge in [0.15, 0.2) is 5.82 Å². The van der Waals surface area contributed by atoms with E-state index in [1.807, 2.05) is 13.8 Å². The van der Waals surface area contributed by atoms with Gasteiger partial charge >= 0.3 is 0 Å². The molecule has 3 aromatic rings. The van der Waals surface area contributed by atoms with Crippen LogP contribution in [0.1, 0.15) is 30.1 Å². The minimum Gasteiger partial charge on any atom is -0.491 e. The maximum absolute atomic E-state index is 12.3. The Bertz CT molecular complexity index is 873. The molecule has 0 bridgehead atoms. The quantitative estimate of drug-likeness (QED) is 0.698. The standard InChI is InChI=1S/C18H19N5O3/c1-11(2)25-14-6-4-13(5-7-14)21-18(24)15-9-20-17(10-19-15)22-16-8-12(3)26-23-16/h4-11H,1-3H3,(H,21,24)(H,20,22,23). The molecule has 0 aliphatic carbocycles. The second-order valence-electron chi connectivity index (χ2n) is 5.88. The average Bonchev–Trinajstić information content (AvgIpc) is 3.01. The monoisotopic (exact) mass is 353 g/mol. The first kappa shape index (κ1) is 17.4. The molecule has 3 rings (SSSR count). The highest BCUT2D eigenvalue weighted by atomic mass is 16.5. The van der Waals surface area contributed by atoms with Gasteiger partial charge in [-0.05, 0) is 45.0 Å². The zero-order valence-corrected chi connectivity index (χ0v) is 14.7. The summed E-state index contributed by atoms with van der Waals surface area (Å²) in [6, 6.07) is 8.87. The summed E-state index contributed by atoms with van der Waals surface area (Å²) in [5.41, 5.74) is 0.850. The lowest BCUT2D eigenvalue weighted by Crippen LogP contribution is -2.14. The molecule has 134 valence electrons. The number of ether oxygens (including phenoxy) is 1. The Labute approximate surface area is 150 Å². The molecule has 2 aromatic heterocycles. The predicted octanol–water partition coefficient (Wildman–Crippen LogP) is 3.56. The van der Waals surface area contributed by atoms with Crippen LogP contribution in [-0.2, 0) is 0 Å². The summed E-state index contributed by atoms with van der Waals surface area (Å²) in [6.07, 6.45) is 2.94. The molecule has 0 aliphatic heterocycles. The second kappa shape index (κ2) is 7.64. The largest absolute Gasteiger partial charge is 0.491 e. The zero-order chi connectivity index (χ0) is 18.5. The van der Waals surface area contributed by atoms with Crippen molar-refractivity contribution in [2.45, 2.75) is 26.9 Å². The van der Waals surface area contributed by atoms with Gasteiger partial charge in [0.25, 0.3) is 5.91 Å². The Morgan fingerprint density at radius 1 is 1.12 bits per heavy atom. The highest BCUT2D eigenvalue weighted by molar-refractivity contribution is 6.02. The van der Waals surface area contributed by atoms with Crippen molar-refractivity contribution >= 4 is 23.2 Å². The van der Waals surface area contributed by atoms with Crippen molar-refractivity contribution in [3.8, 4) is 5.75 Å². The summed E-state index contributed by atoms with van der Waals surface area (Å²) in [5, 5.41) is 9.51. The van der Waals surface area contributed by atoms with Gasteiger partial charge in [-0.1, -0.05) is 5.16 Å². The van der Waals surface area contributed by atoms with Crippen LogP contribution in [0.2, 0.25) is 0 Å². The SMILES string of the molecule is Cc1cc(Nc2cnc(C(=O)Nc3ccc(OC(C)C)cc3)cn2)no1. The molecule has 8 nitrogen and oxygen atoms in total. The number of nitrogens with zero attached hydrogens (tertiary/aromatic N) is 3. The van der Waals surface area contributed by atoms with Gasteiger partial charge in [0.1, 0.15) is 23.0 Å². The fourth-order valence-corrected chi connectivity index (χ4v) is 2.15. The van der Waals surface area contributed by atoms with Crippen LogP contribution in [-0.4, -0.2) is 27.1 Å². The zero-order valence-electron chi connectivity index (χ0n) is 14.7. The van der Waals surface area contributed by atoms with Crippen molar-refractivity contribution in [2.24, 2.45) is 0 Å². The van der Waals surface area contributed by atoms with Gasteiger partial charge in [0.2, 0.25) is 0 Å². The fraction of sp³-hybridized carbons (Fsp3) is 0.222. The van der Waals surface area contributed by atoms with Gasteiger partial charge in [0, 0.05) is 11.8 Å². The summed E-state index contributed by atoms with van der Waals surface area (Å²) < 4.78 is 10.5. The molecule has 1 aromatic carbocycles. The van der Waals surface area contributed by atoms with Crippen LogP contribution in [0.3, 0.4) is 0 Å². The summed E-state index contributed by atoms with van der Waals surface area (Å²) in [5.74, 6) is 2.07. The van der Waals surface area contributed by atoms with Crippen molar-refractivity contribution in [1.29, 1.82) is 0 Å². The molecule has 2 heterocycles. The lowest BCUT2D eigenvalue weighted by atomic mass is 10.3. The first-order valence-corrected chi connectivity index (χ1v) is 8.10. The Kier molecular flexibility index (Phi) is 5.12. The summed E-state index contributed by atoms with van der Waals surface area (Å²) in [4.78, 5) is 20.5. The normalized spacial score (nSPS) is 10.6. The Balaban J connectivity index is 1.60. The highest BCUT2D eigenvalue weighted by Gasteiger charge is 2.10. The molecule has 1 amide bonds. The van der Waals surface area contributed by atoms with Gasteiger partial charge in [-0.15, -0.1) is 0 Å². The molecule has 0 saturated carbocycles. The average molecular weight is 353 g/mol. The first-order valence-electron chi connectivity index (χ1n) is 8.10. The van der Waals surface area contributed by atoms with Crippen LogP contribution < -0.4 is 15.4 Å². The molecule has 0 radical (unpaired) electrons. The van der Waals surface area contributed by atoms with E-state index in [-0.39, 0.29) is 17.7 Å². The number of carbonyl (C=O) groups excluding carboxylic acids is 1. The molecule has 0 aliphatic rings. The van der Waals surface area contributed by atoms with Crippen molar-refractivity contribution in [2.75, 3.05) is 10.6 Å². The number of benzene rings is 1. The number of carbonyl (C=O) groups is 1. The van der Waals surface area contributed by atoms with E-state index in [2.05, 4.69) is 25.8 Å². The van der Waals surface area contributed by atoms with E-state index in [1.54, 1.807) is 37.3 Å². The van der Waals surface area contributed by atoms with Crippen molar-refractivity contribution in [3.63, 3.8) is 0 Å². The van der Waals surface area contributed by atoms with Gasteiger partial charge in [0.05, 0.1) is 18.5 Å².